The highest BCUT2D eigenvalue weighted by Gasteiger charge is 2.18. The first-order valence-electron chi connectivity index (χ1n) is 9.64. The van der Waals surface area contributed by atoms with Crippen LogP contribution in [0.25, 0.3) is 0 Å². The molecule has 0 fully saturated rings. The van der Waals surface area contributed by atoms with E-state index >= 15 is 0 Å². The molecule has 0 rings (SSSR count). The number of hydrogen-bond acceptors (Lipinski definition) is 5. The Morgan fingerprint density at radius 2 is 1.52 bits per heavy atom. The van der Waals surface area contributed by atoms with Gasteiger partial charge in [0.05, 0.1) is 16.8 Å². The smallest absolute Gasteiger partial charge is 0.387 e. The number of aliphatic hydroxyl groups is 1. The van der Waals surface area contributed by atoms with Crippen molar-refractivity contribution in [3.05, 3.63) is 12.2 Å². The van der Waals surface area contributed by atoms with E-state index in [-0.39, 0.29) is 6.61 Å². The molecule has 0 aromatic carbocycles. The van der Waals surface area contributed by atoms with Crippen LogP contribution in [0.4, 0.5) is 0 Å². The Hall–Kier alpha value is -0.360. The fourth-order valence-corrected chi connectivity index (χ4v) is 2.71. The van der Waals surface area contributed by atoms with Gasteiger partial charge >= 0.3 is 8.25 Å². The van der Waals surface area contributed by atoms with Crippen LogP contribution in [0.5, 0.6) is 0 Å². The molecule has 0 bridgehead atoms. The van der Waals surface area contributed by atoms with Gasteiger partial charge in [-0.1, -0.05) is 83.3 Å². The van der Waals surface area contributed by atoms with Gasteiger partial charge in [0.25, 0.3) is 0 Å². The van der Waals surface area contributed by atoms with Crippen LogP contribution in [0.15, 0.2) is 12.2 Å². The van der Waals surface area contributed by atoms with Gasteiger partial charge in [0.1, 0.15) is 6.61 Å². The van der Waals surface area contributed by atoms with Crippen LogP contribution in [0, 0.1) is 0 Å². The maximum Gasteiger partial charge on any atom is 0.725 e. The number of unbranched alkanes of at least 4 members (excludes halogenated alkanes) is 11. The third kappa shape index (κ3) is 18.2. The van der Waals surface area contributed by atoms with E-state index in [2.05, 4.69) is 16.5 Å². The van der Waals surface area contributed by atoms with E-state index in [0.29, 0.717) is 0 Å². The number of aliphatic hydroxyl groups excluding tert-OH is 1. The Labute approximate surface area is 153 Å². The van der Waals surface area contributed by atoms with Crippen LogP contribution in [-0.2, 0) is 14.1 Å². The number of allylic oxidation sites excluding steroid dienone is 1. The van der Waals surface area contributed by atoms with Crippen LogP contribution >= 0.6 is 8.25 Å². The fraction of sp³-hybridized carbons (Fsp3) is 0.889. The SMILES string of the molecule is CCCCCCCCCCCCC/C=C/[C@@H](O)C(N)COO[P+](=O)O. The average Bonchev–Trinajstić information content (AvgIpc) is 2.58. The summed E-state index contributed by atoms with van der Waals surface area (Å²) in [5.41, 5.74) is 5.67. The van der Waals surface area contributed by atoms with Crippen molar-refractivity contribution in [2.24, 2.45) is 5.73 Å². The molecule has 0 amide bonds. The zero-order valence-electron chi connectivity index (χ0n) is 15.6. The molecule has 0 saturated carbocycles. The standard InChI is InChI=1S/C18H36NO5P/c1-2-3-4-5-6-7-8-9-10-11-12-13-14-15-18(20)17(19)16-23-24-25(21)22/h14-15,17-18,20H,2-13,16,19H2,1H3/p+1/b15-14+/t17?,18-/m1/s1. The molecule has 2 unspecified atom stereocenters. The van der Waals surface area contributed by atoms with Crippen molar-refractivity contribution >= 4 is 8.25 Å². The molecule has 0 radical (unpaired) electrons. The highest BCUT2D eigenvalue weighted by molar-refractivity contribution is 7.31. The number of rotatable bonds is 18. The number of nitrogens with two attached hydrogens (primary N) is 1. The summed E-state index contributed by atoms with van der Waals surface area (Å²) in [5, 5.41) is 9.78. The third-order valence-electron chi connectivity index (χ3n) is 4.12. The Morgan fingerprint density at radius 1 is 1.00 bits per heavy atom. The average molecular weight is 378 g/mol. The van der Waals surface area contributed by atoms with Gasteiger partial charge < -0.3 is 10.8 Å². The first-order chi connectivity index (χ1) is 12.1. The molecular weight excluding hydrogens is 341 g/mol. The van der Waals surface area contributed by atoms with E-state index in [4.69, 9.17) is 10.6 Å². The molecule has 0 spiro atoms. The minimum absolute atomic E-state index is 0.147. The lowest BCUT2D eigenvalue weighted by molar-refractivity contribution is -0.214. The lowest BCUT2D eigenvalue weighted by Gasteiger charge is -2.12. The molecular formula is C18H37NO5P+. The van der Waals surface area contributed by atoms with Crippen LogP contribution < -0.4 is 5.73 Å². The lowest BCUT2D eigenvalue weighted by atomic mass is 10.0. The second-order valence-electron chi connectivity index (χ2n) is 6.50. The van der Waals surface area contributed by atoms with Gasteiger partial charge in [-0.05, 0) is 12.8 Å². The van der Waals surface area contributed by atoms with Crippen molar-refractivity contribution in [2.45, 2.75) is 96.1 Å². The highest BCUT2D eigenvalue weighted by Crippen LogP contribution is 2.15. The van der Waals surface area contributed by atoms with Gasteiger partial charge in [0.2, 0.25) is 0 Å². The monoisotopic (exact) mass is 378 g/mol. The minimum Gasteiger partial charge on any atom is -0.387 e. The molecule has 6 nitrogen and oxygen atoms in total. The predicted molar refractivity (Wildman–Crippen MR) is 101 cm³/mol. The van der Waals surface area contributed by atoms with E-state index in [9.17, 15) is 9.67 Å². The summed E-state index contributed by atoms with van der Waals surface area (Å²) in [6.07, 6.45) is 18.1. The van der Waals surface area contributed by atoms with Crippen molar-refractivity contribution in [3.8, 4) is 0 Å². The third-order valence-corrected chi connectivity index (χ3v) is 4.36. The largest absolute Gasteiger partial charge is 0.725 e. The summed E-state index contributed by atoms with van der Waals surface area (Å²) in [4.78, 5) is 12.8. The van der Waals surface area contributed by atoms with Crippen LogP contribution in [-0.4, -0.2) is 28.8 Å². The molecule has 3 atom stereocenters. The maximum absolute atomic E-state index is 10.2. The Bertz CT molecular complexity index is 341. The summed E-state index contributed by atoms with van der Waals surface area (Å²) in [6, 6.07) is -0.691. The summed E-state index contributed by atoms with van der Waals surface area (Å²) in [7, 11) is -2.81. The Kier molecular flexibility index (Phi) is 18.2. The summed E-state index contributed by atoms with van der Waals surface area (Å²) < 4.78 is 14.3. The molecule has 0 heterocycles. The van der Waals surface area contributed by atoms with Crippen molar-refractivity contribution in [1.82, 2.24) is 0 Å². The predicted octanol–water partition coefficient (Wildman–Crippen LogP) is 4.53. The molecule has 0 aliphatic rings. The zero-order chi connectivity index (χ0) is 18.8. The van der Waals surface area contributed by atoms with E-state index in [1.54, 1.807) is 6.08 Å². The quantitative estimate of drug-likeness (QED) is 0.106. The van der Waals surface area contributed by atoms with Crippen molar-refractivity contribution in [3.63, 3.8) is 0 Å². The lowest BCUT2D eigenvalue weighted by Crippen LogP contribution is -2.37. The topological polar surface area (TPSA) is 102 Å². The Balaban J connectivity index is 3.40. The van der Waals surface area contributed by atoms with Crippen LogP contribution in [0.2, 0.25) is 0 Å². The van der Waals surface area contributed by atoms with Gasteiger partial charge in [-0.2, -0.15) is 4.89 Å². The molecule has 4 N–H and O–H groups in total. The normalized spacial score (nSPS) is 14.8. The highest BCUT2D eigenvalue weighted by atomic mass is 31.1. The molecule has 0 saturated heterocycles. The van der Waals surface area contributed by atoms with Gasteiger partial charge in [0.15, 0.2) is 0 Å². The first-order valence-corrected chi connectivity index (χ1v) is 10.8. The fourth-order valence-electron chi connectivity index (χ4n) is 2.56. The first kappa shape index (κ1) is 24.6. The molecule has 0 aromatic heterocycles. The van der Waals surface area contributed by atoms with Crippen molar-refractivity contribution in [2.75, 3.05) is 6.61 Å². The van der Waals surface area contributed by atoms with E-state index < -0.39 is 20.4 Å². The second kappa shape index (κ2) is 18.4. The van der Waals surface area contributed by atoms with Crippen LogP contribution in [0.1, 0.15) is 84.0 Å². The molecule has 0 aromatic rings. The maximum atomic E-state index is 10.2. The minimum atomic E-state index is -2.81. The van der Waals surface area contributed by atoms with Gasteiger partial charge in [-0.25, -0.2) is 0 Å². The summed E-state index contributed by atoms with van der Waals surface area (Å²) >= 11 is 0. The second-order valence-corrected chi connectivity index (χ2v) is 7.13. The van der Waals surface area contributed by atoms with E-state index in [0.717, 1.165) is 12.8 Å². The molecule has 148 valence electrons. The molecule has 7 heteroatoms. The molecule has 0 aliphatic carbocycles. The van der Waals surface area contributed by atoms with Crippen LogP contribution in [0.3, 0.4) is 0 Å². The van der Waals surface area contributed by atoms with Gasteiger partial charge in [0, 0.05) is 4.57 Å². The van der Waals surface area contributed by atoms with Gasteiger partial charge in [-0.3, -0.25) is 0 Å². The number of hydrogen-bond donors (Lipinski definition) is 3. The van der Waals surface area contributed by atoms with E-state index in [1.807, 2.05) is 6.08 Å². The van der Waals surface area contributed by atoms with Crippen molar-refractivity contribution in [1.29, 1.82) is 0 Å². The molecule has 0 aliphatic heterocycles. The Morgan fingerprint density at radius 3 is 2.04 bits per heavy atom. The molecule has 25 heavy (non-hydrogen) atoms. The summed E-state index contributed by atoms with van der Waals surface area (Å²) in [6.45, 7) is 2.10. The van der Waals surface area contributed by atoms with Gasteiger partial charge in [-0.15, -0.1) is 4.89 Å². The van der Waals surface area contributed by atoms with E-state index in [1.165, 1.54) is 64.2 Å². The zero-order valence-corrected chi connectivity index (χ0v) is 16.5. The van der Waals surface area contributed by atoms with Crippen molar-refractivity contribution < 1.29 is 24.1 Å². The summed E-state index contributed by atoms with van der Waals surface area (Å²) in [5.74, 6) is 0.